The maximum absolute atomic E-state index is 13.5. The number of methoxy groups -OCH3 is 2. The zero-order valence-corrected chi connectivity index (χ0v) is 9.26. The van der Waals surface area contributed by atoms with Crippen LogP contribution >= 0.6 is 0 Å². The number of aryl methyl sites for hydroxylation is 1. The quantitative estimate of drug-likeness (QED) is 0.827. The Morgan fingerprint density at radius 2 is 1.87 bits per heavy atom. The fourth-order valence-corrected chi connectivity index (χ4v) is 1.63. The third kappa shape index (κ3) is 2.21. The molecule has 15 heavy (non-hydrogen) atoms. The van der Waals surface area contributed by atoms with Crippen molar-refractivity contribution < 1.29 is 13.9 Å². The van der Waals surface area contributed by atoms with Crippen molar-refractivity contribution in [2.45, 2.75) is 13.3 Å². The molecule has 0 fully saturated rings. The Morgan fingerprint density at radius 1 is 1.27 bits per heavy atom. The molecule has 1 aromatic rings. The van der Waals surface area contributed by atoms with Crippen molar-refractivity contribution in [3.8, 4) is 11.5 Å². The third-order valence-corrected chi connectivity index (χ3v) is 2.32. The molecule has 1 aromatic carbocycles. The van der Waals surface area contributed by atoms with E-state index in [4.69, 9.17) is 15.2 Å². The monoisotopic (exact) mass is 213 g/mol. The standard InChI is InChI=1S/C11H16FNO2/c1-7-6-9(12)11(15-3)10(14-2)8(7)4-5-13/h6H,4-5,13H2,1-3H3. The highest BCUT2D eigenvalue weighted by molar-refractivity contribution is 5.51. The molecule has 0 aliphatic carbocycles. The normalized spacial score (nSPS) is 10.2. The second-order valence-corrected chi connectivity index (χ2v) is 3.26. The molecule has 0 bridgehead atoms. The zero-order valence-electron chi connectivity index (χ0n) is 9.26. The van der Waals surface area contributed by atoms with Crippen LogP contribution in [-0.2, 0) is 6.42 Å². The van der Waals surface area contributed by atoms with Gasteiger partial charge in [-0.15, -0.1) is 0 Å². The first-order valence-corrected chi connectivity index (χ1v) is 4.75. The van der Waals surface area contributed by atoms with Gasteiger partial charge in [-0.3, -0.25) is 0 Å². The smallest absolute Gasteiger partial charge is 0.197 e. The average molecular weight is 213 g/mol. The fraction of sp³-hybridized carbons (Fsp3) is 0.455. The van der Waals surface area contributed by atoms with Gasteiger partial charge < -0.3 is 15.2 Å². The van der Waals surface area contributed by atoms with Gasteiger partial charge in [-0.1, -0.05) is 0 Å². The van der Waals surface area contributed by atoms with Gasteiger partial charge in [0.05, 0.1) is 14.2 Å². The van der Waals surface area contributed by atoms with Gasteiger partial charge in [0.25, 0.3) is 0 Å². The Bertz CT molecular complexity index is 353. The summed E-state index contributed by atoms with van der Waals surface area (Å²) in [6, 6.07) is 1.44. The first kappa shape index (κ1) is 11.8. The topological polar surface area (TPSA) is 44.5 Å². The number of halogens is 1. The molecule has 3 nitrogen and oxygen atoms in total. The summed E-state index contributed by atoms with van der Waals surface area (Å²) in [5.41, 5.74) is 7.22. The Morgan fingerprint density at radius 3 is 2.33 bits per heavy atom. The molecule has 0 atom stereocenters. The van der Waals surface area contributed by atoms with Gasteiger partial charge in [0.2, 0.25) is 0 Å². The molecule has 0 heterocycles. The largest absolute Gasteiger partial charge is 0.492 e. The molecule has 0 amide bonds. The van der Waals surface area contributed by atoms with E-state index in [0.717, 1.165) is 11.1 Å². The van der Waals surface area contributed by atoms with Gasteiger partial charge in [-0.25, -0.2) is 4.39 Å². The van der Waals surface area contributed by atoms with Crippen molar-refractivity contribution in [3.05, 3.63) is 23.0 Å². The minimum atomic E-state index is -0.410. The predicted molar refractivity (Wildman–Crippen MR) is 57.0 cm³/mol. The number of ether oxygens (including phenoxy) is 2. The van der Waals surface area contributed by atoms with Gasteiger partial charge in [0.15, 0.2) is 17.3 Å². The zero-order chi connectivity index (χ0) is 11.4. The van der Waals surface area contributed by atoms with Crippen molar-refractivity contribution in [2.24, 2.45) is 5.73 Å². The van der Waals surface area contributed by atoms with Gasteiger partial charge in [0.1, 0.15) is 0 Å². The summed E-state index contributed by atoms with van der Waals surface area (Å²) in [5, 5.41) is 0. The van der Waals surface area contributed by atoms with Gasteiger partial charge in [0, 0.05) is 5.56 Å². The molecular weight excluding hydrogens is 197 g/mol. The van der Waals surface area contributed by atoms with Crippen molar-refractivity contribution in [3.63, 3.8) is 0 Å². The lowest BCUT2D eigenvalue weighted by Gasteiger charge is -2.15. The molecule has 2 N–H and O–H groups in total. The molecule has 0 radical (unpaired) electrons. The lowest BCUT2D eigenvalue weighted by molar-refractivity contribution is 0.334. The van der Waals surface area contributed by atoms with Crippen molar-refractivity contribution >= 4 is 0 Å². The van der Waals surface area contributed by atoms with Crippen LogP contribution in [0.1, 0.15) is 11.1 Å². The van der Waals surface area contributed by atoms with Gasteiger partial charge in [-0.2, -0.15) is 0 Å². The fourth-order valence-electron chi connectivity index (χ4n) is 1.63. The van der Waals surface area contributed by atoms with E-state index in [1.54, 1.807) is 0 Å². The number of benzene rings is 1. The SMILES string of the molecule is COc1c(F)cc(C)c(CCN)c1OC. The molecule has 0 aliphatic heterocycles. The second kappa shape index (κ2) is 4.98. The first-order chi connectivity index (χ1) is 7.15. The average Bonchev–Trinajstić information content (AvgIpc) is 2.21. The van der Waals surface area contributed by atoms with E-state index in [0.29, 0.717) is 18.7 Å². The predicted octanol–water partition coefficient (Wildman–Crippen LogP) is 1.65. The third-order valence-electron chi connectivity index (χ3n) is 2.32. The van der Waals surface area contributed by atoms with Crippen LogP contribution in [0, 0.1) is 12.7 Å². The molecule has 0 aliphatic rings. The van der Waals surface area contributed by atoms with Crippen LogP contribution in [0.4, 0.5) is 4.39 Å². The molecule has 0 saturated heterocycles. The highest BCUT2D eigenvalue weighted by Gasteiger charge is 2.17. The Hall–Kier alpha value is -1.29. The van der Waals surface area contributed by atoms with Crippen molar-refractivity contribution in [2.75, 3.05) is 20.8 Å². The maximum atomic E-state index is 13.5. The van der Waals surface area contributed by atoms with E-state index in [1.165, 1.54) is 20.3 Å². The molecule has 4 heteroatoms. The lowest BCUT2D eigenvalue weighted by atomic mass is 10.0. The van der Waals surface area contributed by atoms with Crippen LogP contribution in [0.15, 0.2) is 6.07 Å². The summed E-state index contributed by atoms with van der Waals surface area (Å²) in [7, 11) is 2.92. The molecule has 0 spiro atoms. The molecular formula is C11H16FNO2. The van der Waals surface area contributed by atoms with Crippen molar-refractivity contribution in [1.29, 1.82) is 0 Å². The second-order valence-electron chi connectivity index (χ2n) is 3.26. The summed E-state index contributed by atoms with van der Waals surface area (Å²) in [6.07, 6.45) is 0.644. The summed E-state index contributed by atoms with van der Waals surface area (Å²) in [5.74, 6) is 0.180. The first-order valence-electron chi connectivity index (χ1n) is 4.75. The summed E-state index contributed by atoms with van der Waals surface area (Å²) < 4.78 is 23.6. The minimum Gasteiger partial charge on any atom is -0.492 e. The van der Waals surface area contributed by atoms with E-state index in [1.807, 2.05) is 6.92 Å². The minimum absolute atomic E-state index is 0.145. The van der Waals surface area contributed by atoms with E-state index in [-0.39, 0.29) is 5.75 Å². The Kier molecular flexibility index (Phi) is 3.91. The number of rotatable bonds is 4. The highest BCUT2D eigenvalue weighted by atomic mass is 19.1. The Balaban J connectivity index is 3.35. The van der Waals surface area contributed by atoms with Crippen LogP contribution in [0.25, 0.3) is 0 Å². The van der Waals surface area contributed by atoms with E-state index >= 15 is 0 Å². The molecule has 1 rings (SSSR count). The summed E-state index contributed by atoms with van der Waals surface area (Å²) in [4.78, 5) is 0. The maximum Gasteiger partial charge on any atom is 0.197 e. The van der Waals surface area contributed by atoms with E-state index < -0.39 is 5.82 Å². The van der Waals surface area contributed by atoms with Crippen LogP contribution in [-0.4, -0.2) is 20.8 Å². The van der Waals surface area contributed by atoms with Gasteiger partial charge in [-0.05, 0) is 31.5 Å². The van der Waals surface area contributed by atoms with Gasteiger partial charge >= 0.3 is 0 Å². The lowest BCUT2D eigenvalue weighted by Crippen LogP contribution is -2.07. The van der Waals surface area contributed by atoms with Crippen LogP contribution < -0.4 is 15.2 Å². The highest BCUT2D eigenvalue weighted by Crippen LogP contribution is 2.36. The number of hydrogen-bond acceptors (Lipinski definition) is 3. The Labute approximate surface area is 89.0 Å². The molecule has 0 aromatic heterocycles. The van der Waals surface area contributed by atoms with Crippen molar-refractivity contribution in [1.82, 2.24) is 0 Å². The van der Waals surface area contributed by atoms with E-state index in [2.05, 4.69) is 0 Å². The van der Waals surface area contributed by atoms with Crippen LogP contribution in [0.3, 0.4) is 0 Å². The van der Waals surface area contributed by atoms with E-state index in [9.17, 15) is 4.39 Å². The number of nitrogens with two attached hydrogens (primary N) is 1. The van der Waals surface area contributed by atoms with Crippen LogP contribution in [0.2, 0.25) is 0 Å². The summed E-state index contributed by atoms with van der Waals surface area (Å²) >= 11 is 0. The summed E-state index contributed by atoms with van der Waals surface area (Å²) in [6.45, 7) is 2.32. The number of hydrogen-bond donors (Lipinski definition) is 1. The molecule has 0 saturated carbocycles. The molecule has 84 valence electrons. The van der Waals surface area contributed by atoms with Crippen LogP contribution in [0.5, 0.6) is 11.5 Å². The molecule has 0 unspecified atom stereocenters.